The van der Waals surface area contributed by atoms with Crippen LogP contribution in [0.15, 0.2) is 47.2 Å². The van der Waals surface area contributed by atoms with E-state index >= 15 is 0 Å². The van der Waals surface area contributed by atoms with Gasteiger partial charge in [0, 0.05) is 6.20 Å². The van der Waals surface area contributed by atoms with E-state index in [1.165, 1.54) is 23.1 Å². The van der Waals surface area contributed by atoms with Crippen molar-refractivity contribution in [2.75, 3.05) is 0 Å². The van der Waals surface area contributed by atoms with Crippen molar-refractivity contribution in [3.63, 3.8) is 0 Å². The number of allylic oxidation sites excluding steroid dienone is 4. The van der Waals surface area contributed by atoms with E-state index in [1.807, 2.05) is 6.20 Å². The molecule has 25 heavy (non-hydrogen) atoms. The fourth-order valence-corrected chi connectivity index (χ4v) is 3.38. The topological polar surface area (TPSA) is 41.1 Å². The first-order valence-electron chi connectivity index (χ1n) is 9.57. The zero-order valence-corrected chi connectivity index (χ0v) is 16.6. The second kappa shape index (κ2) is 8.07. The summed E-state index contributed by atoms with van der Waals surface area (Å²) in [5.74, 6) is 0.863. The number of amides is 2. The Morgan fingerprint density at radius 1 is 1.20 bits per heavy atom. The molecule has 0 aromatic heterocycles. The van der Waals surface area contributed by atoms with Crippen LogP contribution in [0.3, 0.4) is 0 Å². The van der Waals surface area contributed by atoms with Crippen molar-refractivity contribution in [3.05, 3.63) is 47.2 Å². The van der Waals surface area contributed by atoms with E-state index in [1.54, 1.807) is 0 Å². The highest BCUT2D eigenvalue weighted by molar-refractivity contribution is 5.78. The van der Waals surface area contributed by atoms with E-state index in [-0.39, 0.29) is 12.1 Å². The minimum absolute atomic E-state index is 0.0410. The maximum Gasteiger partial charge on any atom is 0.319 e. The molecule has 0 aromatic rings. The van der Waals surface area contributed by atoms with Crippen molar-refractivity contribution < 1.29 is 4.79 Å². The summed E-state index contributed by atoms with van der Waals surface area (Å²) in [6, 6.07) is -0.169. The normalized spacial score (nSPS) is 24.1. The second-order valence-corrected chi connectivity index (χ2v) is 8.69. The second-order valence-electron chi connectivity index (χ2n) is 8.69. The number of hydrogen-bond acceptors (Lipinski definition) is 1. The molecule has 138 valence electrons. The lowest BCUT2D eigenvalue weighted by atomic mass is 9.84. The van der Waals surface area contributed by atoms with Crippen LogP contribution in [0.2, 0.25) is 0 Å². The molecule has 2 rings (SSSR count). The van der Waals surface area contributed by atoms with Crippen molar-refractivity contribution in [2.24, 2.45) is 17.3 Å². The molecule has 2 atom stereocenters. The lowest BCUT2D eigenvalue weighted by molar-refractivity contribution is 0.240. The number of rotatable bonds is 5. The first-order valence-corrected chi connectivity index (χ1v) is 9.57. The Labute approximate surface area is 153 Å². The molecule has 1 unspecified atom stereocenters. The van der Waals surface area contributed by atoms with Crippen molar-refractivity contribution in [2.45, 2.75) is 66.8 Å². The molecule has 2 N–H and O–H groups in total. The molecular weight excluding hydrogens is 308 g/mol. The molecule has 0 saturated carbocycles. The highest BCUT2D eigenvalue weighted by Crippen LogP contribution is 2.32. The standard InChI is InChI=1S/C22H34N2O/c1-7-16-8-10-18(11-9-17(16)12-13-22(4,5)6)20-19(15(2)3)14-23-21(25)24-20/h8-11,14-16,20H,7,12-13H2,1-6H3,(H2,23,24,25)/t16?,20-/m0/s1. The average molecular weight is 343 g/mol. The monoisotopic (exact) mass is 342 g/mol. The van der Waals surface area contributed by atoms with Gasteiger partial charge in [-0.05, 0) is 47.7 Å². The van der Waals surface area contributed by atoms with Crippen LogP contribution in [0, 0.1) is 17.3 Å². The summed E-state index contributed by atoms with van der Waals surface area (Å²) in [4.78, 5) is 11.8. The number of nitrogens with one attached hydrogen (secondary N) is 2. The van der Waals surface area contributed by atoms with Gasteiger partial charge in [-0.2, -0.15) is 0 Å². The summed E-state index contributed by atoms with van der Waals surface area (Å²) in [6.45, 7) is 13.5. The summed E-state index contributed by atoms with van der Waals surface area (Å²) < 4.78 is 0. The molecule has 1 aliphatic heterocycles. The largest absolute Gasteiger partial charge is 0.327 e. The molecular formula is C22H34N2O. The molecule has 0 bridgehead atoms. The van der Waals surface area contributed by atoms with Crippen molar-refractivity contribution in [1.29, 1.82) is 0 Å². The Kier molecular flexibility index (Phi) is 6.31. The van der Waals surface area contributed by atoms with Gasteiger partial charge in [0.05, 0.1) is 6.04 Å². The highest BCUT2D eigenvalue weighted by Gasteiger charge is 2.26. The van der Waals surface area contributed by atoms with Gasteiger partial charge in [-0.1, -0.05) is 71.4 Å². The number of carbonyl (C=O) groups excluding carboxylic acids is 1. The Hall–Kier alpha value is -1.77. The van der Waals surface area contributed by atoms with Crippen LogP contribution < -0.4 is 10.6 Å². The van der Waals surface area contributed by atoms with Crippen LogP contribution in [0.1, 0.15) is 60.8 Å². The third kappa shape index (κ3) is 5.35. The summed E-state index contributed by atoms with van der Waals surface area (Å²) in [6.07, 6.45) is 14.3. The number of hydrogen-bond donors (Lipinski definition) is 2. The number of urea groups is 1. The van der Waals surface area contributed by atoms with Gasteiger partial charge in [-0.25, -0.2) is 4.79 Å². The van der Waals surface area contributed by atoms with Gasteiger partial charge in [0.15, 0.2) is 0 Å². The average Bonchev–Trinajstić information content (AvgIpc) is 2.73. The van der Waals surface area contributed by atoms with Crippen molar-refractivity contribution in [1.82, 2.24) is 10.6 Å². The number of carbonyl (C=O) groups is 1. The molecule has 0 spiro atoms. The van der Waals surface area contributed by atoms with E-state index in [2.05, 4.69) is 76.5 Å². The lowest BCUT2D eigenvalue weighted by Crippen LogP contribution is -2.47. The van der Waals surface area contributed by atoms with E-state index < -0.39 is 0 Å². The fourth-order valence-electron chi connectivity index (χ4n) is 3.38. The molecule has 0 fully saturated rings. The Morgan fingerprint density at radius 3 is 2.52 bits per heavy atom. The van der Waals surface area contributed by atoms with Crippen molar-refractivity contribution in [3.8, 4) is 0 Å². The molecule has 0 radical (unpaired) electrons. The summed E-state index contributed by atoms with van der Waals surface area (Å²) in [5.41, 5.74) is 4.23. The highest BCUT2D eigenvalue weighted by atomic mass is 16.2. The predicted octanol–water partition coefficient (Wildman–Crippen LogP) is 5.48. The zero-order valence-electron chi connectivity index (χ0n) is 16.6. The van der Waals surface area contributed by atoms with E-state index in [0.717, 1.165) is 12.8 Å². The molecule has 0 aromatic carbocycles. The third-order valence-electron chi connectivity index (χ3n) is 5.07. The molecule has 3 heteroatoms. The SMILES string of the molecule is CCC1C=CC([C@@H]2NC(=O)NC=C2C(C)C)=CC=C1CCC(C)(C)C. The minimum atomic E-state index is -0.128. The lowest BCUT2D eigenvalue weighted by Gasteiger charge is -2.29. The Balaban J connectivity index is 2.28. The molecule has 1 aliphatic carbocycles. The molecule has 1 heterocycles. The summed E-state index contributed by atoms with van der Waals surface area (Å²) in [7, 11) is 0. The Bertz CT molecular complexity index is 614. The van der Waals surface area contributed by atoms with Gasteiger partial charge < -0.3 is 10.6 Å². The Morgan fingerprint density at radius 2 is 1.92 bits per heavy atom. The molecule has 2 amide bonds. The zero-order chi connectivity index (χ0) is 18.6. The van der Waals surface area contributed by atoms with Gasteiger partial charge >= 0.3 is 6.03 Å². The maximum absolute atomic E-state index is 11.8. The molecule has 0 saturated heterocycles. The van der Waals surface area contributed by atoms with E-state index in [4.69, 9.17) is 0 Å². The smallest absolute Gasteiger partial charge is 0.319 e. The van der Waals surface area contributed by atoms with Gasteiger partial charge in [-0.3, -0.25) is 0 Å². The van der Waals surface area contributed by atoms with Gasteiger partial charge in [0.25, 0.3) is 0 Å². The van der Waals surface area contributed by atoms with E-state index in [9.17, 15) is 4.79 Å². The predicted molar refractivity (Wildman–Crippen MR) is 106 cm³/mol. The summed E-state index contributed by atoms with van der Waals surface area (Å²) in [5, 5.41) is 5.87. The van der Waals surface area contributed by atoms with Crippen LogP contribution in [0.5, 0.6) is 0 Å². The maximum atomic E-state index is 11.8. The van der Waals surface area contributed by atoms with Crippen LogP contribution >= 0.6 is 0 Å². The van der Waals surface area contributed by atoms with E-state index in [0.29, 0.717) is 17.3 Å². The van der Waals surface area contributed by atoms with Gasteiger partial charge in [0.2, 0.25) is 0 Å². The molecule has 2 aliphatic rings. The fraction of sp³-hybridized carbons (Fsp3) is 0.591. The summed E-state index contributed by atoms with van der Waals surface area (Å²) >= 11 is 0. The minimum Gasteiger partial charge on any atom is -0.327 e. The van der Waals surface area contributed by atoms with Crippen LogP contribution in [-0.4, -0.2) is 12.1 Å². The quantitative estimate of drug-likeness (QED) is 0.682. The van der Waals surface area contributed by atoms with Gasteiger partial charge in [-0.15, -0.1) is 0 Å². The van der Waals surface area contributed by atoms with Crippen LogP contribution in [0.4, 0.5) is 4.79 Å². The first kappa shape index (κ1) is 19.6. The van der Waals surface area contributed by atoms with Gasteiger partial charge in [0.1, 0.15) is 0 Å². The van der Waals surface area contributed by atoms with Crippen LogP contribution in [0.25, 0.3) is 0 Å². The van der Waals surface area contributed by atoms with Crippen LogP contribution in [-0.2, 0) is 0 Å². The molecule has 3 nitrogen and oxygen atoms in total. The van der Waals surface area contributed by atoms with Crippen molar-refractivity contribution >= 4 is 6.03 Å². The first-order chi connectivity index (χ1) is 11.7. The third-order valence-corrected chi connectivity index (χ3v) is 5.07.